The Bertz CT molecular complexity index is 596. The molecule has 4 N–H and O–H groups in total. The van der Waals surface area contributed by atoms with Gasteiger partial charge in [0.1, 0.15) is 11.4 Å². The van der Waals surface area contributed by atoms with Gasteiger partial charge in [-0.15, -0.1) is 0 Å². The number of amides is 1. The quantitative estimate of drug-likeness (QED) is 0.574. The topological polar surface area (TPSA) is 84.6 Å². The van der Waals surface area contributed by atoms with Gasteiger partial charge in [-0.3, -0.25) is 0 Å². The van der Waals surface area contributed by atoms with Crippen molar-refractivity contribution in [2.45, 2.75) is 45.3 Å². The summed E-state index contributed by atoms with van der Waals surface area (Å²) >= 11 is 0. The van der Waals surface area contributed by atoms with Crippen LogP contribution in [0.2, 0.25) is 0 Å². The summed E-state index contributed by atoms with van der Waals surface area (Å²) in [6, 6.07) is 4.13. The third kappa shape index (κ3) is 5.56. The highest BCUT2D eigenvalue weighted by atomic mass is 19.1. The average Bonchev–Trinajstić information content (AvgIpc) is 2.38. The van der Waals surface area contributed by atoms with Gasteiger partial charge in [-0.2, -0.15) is 0 Å². The predicted octanol–water partition coefficient (Wildman–Crippen LogP) is 3.09. The summed E-state index contributed by atoms with van der Waals surface area (Å²) in [5, 5.41) is 11.9. The van der Waals surface area contributed by atoms with Crippen LogP contribution in [-0.2, 0) is 10.3 Å². The van der Waals surface area contributed by atoms with Crippen molar-refractivity contribution in [2.24, 2.45) is 0 Å². The first-order valence-corrected chi connectivity index (χ1v) is 7.31. The normalized spacial score (nSPS) is 14.0. The third-order valence-electron chi connectivity index (χ3n) is 3.19. The van der Waals surface area contributed by atoms with E-state index < -0.39 is 23.1 Å². The van der Waals surface area contributed by atoms with Gasteiger partial charge in [-0.25, -0.2) is 9.18 Å². The number of alkyl carbamates (subject to hydrolysis) is 1. The number of carbonyl (C=O) groups is 1. The number of halogens is 1. The zero-order valence-corrected chi connectivity index (χ0v) is 14.1. The van der Waals surface area contributed by atoms with Crippen LogP contribution in [-0.4, -0.2) is 23.4 Å². The molecule has 0 radical (unpaired) electrons. The Labute approximate surface area is 136 Å². The first-order valence-electron chi connectivity index (χ1n) is 7.31. The van der Waals surface area contributed by atoms with Crippen molar-refractivity contribution >= 4 is 11.8 Å². The Morgan fingerprint density at radius 1 is 1.39 bits per heavy atom. The Hall–Kier alpha value is -2.08. The van der Waals surface area contributed by atoms with E-state index in [2.05, 4.69) is 11.9 Å². The highest BCUT2D eigenvalue weighted by Crippen LogP contribution is 2.31. The SMILES string of the molecule is C=C(CO)C[C@](C)(NC(=O)OC(C)(C)C)c1cc(N)ccc1F. The third-order valence-corrected chi connectivity index (χ3v) is 3.19. The van der Waals surface area contributed by atoms with Crippen LogP contribution in [0.15, 0.2) is 30.4 Å². The van der Waals surface area contributed by atoms with Crippen LogP contribution in [0.3, 0.4) is 0 Å². The molecule has 0 aromatic heterocycles. The number of aliphatic hydroxyl groups excluding tert-OH is 1. The minimum absolute atomic E-state index is 0.142. The second kappa shape index (κ2) is 7.00. The van der Waals surface area contributed by atoms with Crippen molar-refractivity contribution in [1.82, 2.24) is 5.32 Å². The minimum atomic E-state index is -1.15. The van der Waals surface area contributed by atoms with Gasteiger partial charge in [0.15, 0.2) is 0 Å². The maximum absolute atomic E-state index is 14.3. The zero-order valence-electron chi connectivity index (χ0n) is 14.1. The standard InChI is InChI=1S/C17H25FN2O3/c1-11(10-21)9-17(5,20-15(22)23-16(2,3)4)13-8-12(19)6-7-14(13)18/h6-8,21H,1,9-10,19H2,2-5H3,(H,20,22)/t17-/m0/s1. The molecule has 0 saturated carbocycles. The summed E-state index contributed by atoms with van der Waals surface area (Å²) < 4.78 is 19.5. The monoisotopic (exact) mass is 324 g/mol. The van der Waals surface area contributed by atoms with Crippen LogP contribution in [0.5, 0.6) is 0 Å². The minimum Gasteiger partial charge on any atom is -0.444 e. The molecule has 5 nitrogen and oxygen atoms in total. The van der Waals surface area contributed by atoms with E-state index in [0.29, 0.717) is 11.3 Å². The van der Waals surface area contributed by atoms with Crippen molar-refractivity contribution in [3.8, 4) is 0 Å². The Balaban J connectivity index is 3.19. The van der Waals surface area contributed by atoms with Crippen molar-refractivity contribution in [3.63, 3.8) is 0 Å². The molecule has 1 rings (SSSR count). The summed E-state index contributed by atoms with van der Waals surface area (Å²) in [6.07, 6.45) is -0.545. The smallest absolute Gasteiger partial charge is 0.408 e. The summed E-state index contributed by atoms with van der Waals surface area (Å²) in [7, 11) is 0. The number of anilines is 1. The van der Waals surface area contributed by atoms with E-state index in [-0.39, 0.29) is 18.6 Å². The van der Waals surface area contributed by atoms with Gasteiger partial charge in [0.2, 0.25) is 0 Å². The molecular formula is C17H25FN2O3. The molecule has 23 heavy (non-hydrogen) atoms. The van der Waals surface area contributed by atoms with Gasteiger partial charge >= 0.3 is 6.09 Å². The molecule has 0 fully saturated rings. The molecule has 6 heteroatoms. The maximum atomic E-state index is 14.3. The van der Waals surface area contributed by atoms with Crippen molar-refractivity contribution in [2.75, 3.05) is 12.3 Å². The van der Waals surface area contributed by atoms with Crippen molar-refractivity contribution in [3.05, 3.63) is 41.7 Å². The van der Waals surface area contributed by atoms with Crippen LogP contribution in [0.4, 0.5) is 14.9 Å². The molecule has 0 bridgehead atoms. The summed E-state index contributed by atoms with van der Waals surface area (Å²) in [4.78, 5) is 12.1. The lowest BCUT2D eigenvalue weighted by Gasteiger charge is -2.33. The first kappa shape index (κ1) is 19.0. The van der Waals surface area contributed by atoms with Gasteiger partial charge in [0.05, 0.1) is 12.1 Å². The molecule has 0 unspecified atom stereocenters. The number of hydrogen-bond acceptors (Lipinski definition) is 4. The fraction of sp³-hybridized carbons (Fsp3) is 0.471. The van der Waals surface area contributed by atoms with E-state index in [9.17, 15) is 14.3 Å². The van der Waals surface area contributed by atoms with Crippen molar-refractivity contribution < 1.29 is 19.0 Å². The second-order valence-corrected chi connectivity index (χ2v) is 6.78. The highest BCUT2D eigenvalue weighted by Gasteiger charge is 2.34. The Morgan fingerprint density at radius 2 is 2.00 bits per heavy atom. The molecule has 1 amide bonds. The number of nitrogens with two attached hydrogens (primary N) is 1. The molecule has 0 aliphatic heterocycles. The van der Waals surface area contributed by atoms with Crippen LogP contribution in [0, 0.1) is 5.82 Å². The molecule has 0 heterocycles. The number of ether oxygens (including phenoxy) is 1. The van der Waals surface area contributed by atoms with Crippen LogP contribution in [0.1, 0.15) is 39.7 Å². The Morgan fingerprint density at radius 3 is 2.52 bits per heavy atom. The summed E-state index contributed by atoms with van der Waals surface area (Å²) in [5.74, 6) is -0.511. The van der Waals surface area contributed by atoms with E-state index in [4.69, 9.17) is 10.5 Å². The number of aliphatic hydroxyl groups is 1. The van der Waals surface area contributed by atoms with E-state index >= 15 is 0 Å². The van der Waals surface area contributed by atoms with Crippen LogP contribution in [0.25, 0.3) is 0 Å². The lowest BCUT2D eigenvalue weighted by atomic mass is 9.85. The number of nitrogen functional groups attached to an aromatic ring is 1. The molecule has 1 aromatic carbocycles. The number of rotatable bonds is 5. The van der Waals surface area contributed by atoms with Crippen LogP contribution >= 0.6 is 0 Å². The fourth-order valence-corrected chi connectivity index (χ4v) is 2.26. The number of carbonyl (C=O) groups excluding carboxylic acids is 1. The van der Waals surface area contributed by atoms with Crippen LogP contribution < -0.4 is 11.1 Å². The van der Waals surface area contributed by atoms with E-state index in [1.54, 1.807) is 27.7 Å². The van der Waals surface area contributed by atoms with Gasteiger partial charge in [0, 0.05) is 11.3 Å². The maximum Gasteiger partial charge on any atom is 0.408 e. The zero-order chi connectivity index (χ0) is 17.8. The molecule has 0 aliphatic carbocycles. The number of nitrogens with one attached hydrogen (secondary N) is 1. The van der Waals surface area contributed by atoms with Gasteiger partial charge in [0.25, 0.3) is 0 Å². The first-order chi connectivity index (χ1) is 10.5. The molecule has 1 atom stereocenters. The largest absolute Gasteiger partial charge is 0.444 e. The molecule has 1 aromatic rings. The summed E-state index contributed by atoms with van der Waals surface area (Å²) in [6.45, 7) is 10.3. The second-order valence-electron chi connectivity index (χ2n) is 6.78. The van der Waals surface area contributed by atoms with Crippen molar-refractivity contribution in [1.29, 1.82) is 0 Å². The molecular weight excluding hydrogens is 299 g/mol. The number of benzene rings is 1. The van der Waals surface area contributed by atoms with E-state index in [1.807, 2.05) is 0 Å². The van der Waals surface area contributed by atoms with Gasteiger partial charge in [-0.1, -0.05) is 6.58 Å². The van der Waals surface area contributed by atoms with E-state index in [1.165, 1.54) is 18.2 Å². The lowest BCUT2D eigenvalue weighted by molar-refractivity contribution is 0.0457. The van der Waals surface area contributed by atoms with Gasteiger partial charge < -0.3 is 20.9 Å². The fourth-order valence-electron chi connectivity index (χ4n) is 2.26. The lowest BCUT2D eigenvalue weighted by Crippen LogP contribution is -2.46. The molecule has 128 valence electrons. The van der Waals surface area contributed by atoms with Gasteiger partial charge in [-0.05, 0) is 57.9 Å². The number of hydrogen-bond donors (Lipinski definition) is 3. The average molecular weight is 324 g/mol. The summed E-state index contributed by atoms with van der Waals surface area (Å²) in [5.41, 5.74) is 4.92. The van der Waals surface area contributed by atoms with E-state index in [0.717, 1.165) is 0 Å². The predicted molar refractivity (Wildman–Crippen MR) is 88.4 cm³/mol. The molecule has 0 spiro atoms. The Kier molecular flexibility index (Phi) is 5.77. The molecule has 0 aliphatic rings. The highest BCUT2D eigenvalue weighted by molar-refractivity contribution is 5.69. The molecule has 0 saturated heterocycles.